The van der Waals surface area contributed by atoms with E-state index in [1.807, 2.05) is 0 Å². The summed E-state index contributed by atoms with van der Waals surface area (Å²) >= 11 is 0. The van der Waals surface area contributed by atoms with Crippen LogP contribution in [0.4, 0.5) is 5.82 Å². The molecule has 0 spiro atoms. The lowest BCUT2D eigenvalue weighted by Crippen LogP contribution is -2.33. The summed E-state index contributed by atoms with van der Waals surface area (Å²) in [4.78, 5) is 31.2. The van der Waals surface area contributed by atoms with Gasteiger partial charge in [-0.15, -0.1) is 0 Å². The summed E-state index contributed by atoms with van der Waals surface area (Å²) in [5.74, 6) is -1.96. The zero-order valence-electron chi connectivity index (χ0n) is 13.8. The van der Waals surface area contributed by atoms with Crippen molar-refractivity contribution in [2.24, 2.45) is 0 Å². The summed E-state index contributed by atoms with van der Waals surface area (Å²) in [6.45, 7) is 4.85. The van der Waals surface area contributed by atoms with E-state index in [2.05, 4.69) is 15.3 Å². The smallest absolute Gasteiger partial charge is 0.343 e. The van der Waals surface area contributed by atoms with Crippen LogP contribution >= 0.6 is 0 Å². The molecule has 1 unspecified atom stereocenters. The highest BCUT2D eigenvalue weighted by Gasteiger charge is 2.24. The number of nitrogens with zero attached hydrogens (tertiary/aromatic N) is 2. The summed E-state index contributed by atoms with van der Waals surface area (Å²) in [5, 5.41) is 11.9. The first-order chi connectivity index (χ1) is 11.2. The van der Waals surface area contributed by atoms with Gasteiger partial charge >= 0.3 is 11.9 Å². The van der Waals surface area contributed by atoms with Crippen LogP contribution in [-0.2, 0) is 19.4 Å². The summed E-state index contributed by atoms with van der Waals surface area (Å²) in [5.41, 5.74) is -0.00736. The zero-order valence-corrected chi connectivity index (χ0v) is 14.6. The highest BCUT2D eigenvalue weighted by Crippen LogP contribution is 2.16. The van der Waals surface area contributed by atoms with Crippen LogP contribution in [0, 0.1) is 6.92 Å². The van der Waals surface area contributed by atoms with Gasteiger partial charge in [-0.05, 0) is 20.3 Å². The average molecular weight is 359 g/mol. The lowest BCUT2D eigenvalue weighted by Gasteiger charge is -2.17. The summed E-state index contributed by atoms with van der Waals surface area (Å²) < 4.78 is 28.0. The molecule has 24 heavy (non-hydrogen) atoms. The molecule has 0 amide bonds. The van der Waals surface area contributed by atoms with Crippen molar-refractivity contribution in [2.75, 3.05) is 23.4 Å². The number of aryl methyl sites for hydroxylation is 1. The van der Waals surface area contributed by atoms with Crippen molar-refractivity contribution in [1.29, 1.82) is 0 Å². The molecule has 10 heteroatoms. The van der Waals surface area contributed by atoms with Crippen LogP contribution in [0.2, 0.25) is 0 Å². The third-order valence-electron chi connectivity index (χ3n) is 3.17. The van der Waals surface area contributed by atoms with Crippen LogP contribution in [0.25, 0.3) is 0 Å². The van der Waals surface area contributed by atoms with Crippen molar-refractivity contribution in [2.45, 2.75) is 33.2 Å². The maximum atomic E-state index is 11.9. The Morgan fingerprint density at radius 1 is 1.38 bits per heavy atom. The number of hydrogen-bond acceptors (Lipinski definition) is 8. The normalized spacial score (nSPS) is 12.5. The number of hydrogen-bond donors (Lipinski definition) is 2. The number of carbonyl (C=O) groups excluding carboxylic acids is 1. The van der Waals surface area contributed by atoms with Gasteiger partial charge in [-0.2, -0.15) is 0 Å². The molecular formula is C14H21N3O6S. The quantitative estimate of drug-likeness (QED) is 0.609. The maximum Gasteiger partial charge on any atom is 0.343 e. The number of sulfone groups is 1. The van der Waals surface area contributed by atoms with Gasteiger partial charge in [0, 0.05) is 11.9 Å². The van der Waals surface area contributed by atoms with Crippen LogP contribution < -0.4 is 5.32 Å². The second-order valence-corrected chi connectivity index (χ2v) is 7.43. The Morgan fingerprint density at radius 2 is 2.04 bits per heavy atom. The molecule has 0 aromatic carbocycles. The second-order valence-electron chi connectivity index (χ2n) is 4.96. The van der Waals surface area contributed by atoms with Gasteiger partial charge in [0.25, 0.3) is 0 Å². The van der Waals surface area contributed by atoms with Gasteiger partial charge in [-0.3, -0.25) is 0 Å². The number of carbonyl (C=O) groups is 2. The second kappa shape index (κ2) is 8.57. The number of carboxylic acids is 1. The first-order valence-corrected chi connectivity index (χ1v) is 9.22. The Hall–Kier alpha value is -2.23. The highest BCUT2D eigenvalue weighted by molar-refractivity contribution is 7.91. The van der Waals surface area contributed by atoms with Crippen molar-refractivity contribution in [3.05, 3.63) is 17.6 Å². The van der Waals surface area contributed by atoms with Gasteiger partial charge in [0.2, 0.25) is 0 Å². The third kappa shape index (κ3) is 5.76. The monoisotopic (exact) mass is 359 g/mol. The molecule has 1 heterocycles. The van der Waals surface area contributed by atoms with Crippen molar-refractivity contribution < 1.29 is 27.9 Å². The van der Waals surface area contributed by atoms with Crippen LogP contribution in [0.1, 0.15) is 36.5 Å². The zero-order chi connectivity index (χ0) is 18.3. The molecule has 0 saturated heterocycles. The van der Waals surface area contributed by atoms with E-state index in [1.54, 1.807) is 13.8 Å². The number of anilines is 1. The molecule has 1 atom stereocenters. The molecule has 0 saturated carbocycles. The molecule has 2 N–H and O–H groups in total. The molecule has 134 valence electrons. The number of esters is 1. The molecule has 1 aromatic heterocycles. The van der Waals surface area contributed by atoms with E-state index >= 15 is 0 Å². The van der Waals surface area contributed by atoms with E-state index in [0.717, 1.165) is 0 Å². The van der Waals surface area contributed by atoms with Crippen molar-refractivity contribution in [1.82, 2.24) is 9.97 Å². The van der Waals surface area contributed by atoms with E-state index in [1.165, 1.54) is 13.1 Å². The van der Waals surface area contributed by atoms with Gasteiger partial charge in [-0.1, -0.05) is 6.92 Å². The molecule has 9 nitrogen and oxygen atoms in total. The largest absolute Gasteiger partial charge is 0.480 e. The topological polar surface area (TPSA) is 136 Å². The SMILES string of the molecule is CCOC(=O)c1cnc(C)nc1NC(CCS(=O)(=O)CC)C(=O)O. The van der Waals surface area contributed by atoms with Crippen LogP contribution in [0.3, 0.4) is 0 Å². The summed E-state index contributed by atoms with van der Waals surface area (Å²) in [7, 11) is -3.31. The molecule has 0 aliphatic carbocycles. The lowest BCUT2D eigenvalue weighted by atomic mass is 10.2. The molecule has 1 aromatic rings. The predicted molar refractivity (Wildman–Crippen MR) is 86.7 cm³/mol. The standard InChI is InChI=1S/C14H21N3O6S/c1-4-23-14(20)10-8-15-9(3)16-12(10)17-11(13(18)19)6-7-24(21,22)5-2/h8,11H,4-7H2,1-3H3,(H,18,19)(H,15,16,17). The molecule has 0 bridgehead atoms. The van der Waals surface area contributed by atoms with Crippen LogP contribution in [0.5, 0.6) is 0 Å². The number of rotatable bonds is 9. The minimum Gasteiger partial charge on any atom is -0.480 e. The number of aliphatic carboxylic acids is 1. The number of aromatic nitrogens is 2. The Labute approximate surface area is 140 Å². The van der Waals surface area contributed by atoms with E-state index in [9.17, 15) is 23.1 Å². The summed E-state index contributed by atoms with van der Waals surface area (Å²) in [6.07, 6.45) is 1.08. The van der Waals surface area contributed by atoms with Crippen molar-refractivity contribution in [3.63, 3.8) is 0 Å². The van der Waals surface area contributed by atoms with Gasteiger partial charge in [0.15, 0.2) is 0 Å². The van der Waals surface area contributed by atoms with Gasteiger partial charge in [-0.25, -0.2) is 28.0 Å². The fourth-order valence-electron chi connectivity index (χ4n) is 1.80. The Morgan fingerprint density at radius 3 is 2.58 bits per heavy atom. The van der Waals surface area contributed by atoms with E-state index < -0.39 is 27.8 Å². The Bertz CT molecular complexity index is 704. The fourth-order valence-corrected chi connectivity index (χ4v) is 2.69. The number of nitrogens with one attached hydrogen (secondary N) is 1. The number of ether oxygens (including phenoxy) is 1. The van der Waals surface area contributed by atoms with Gasteiger partial charge in [0.1, 0.15) is 33.1 Å². The summed E-state index contributed by atoms with van der Waals surface area (Å²) in [6, 6.07) is -1.21. The predicted octanol–water partition coefficient (Wildman–Crippen LogP) is 0.652. The first kappa shape index (κ1) is 19.8. The highest BCUT2D eigenvalue weighted by atomic mass is 32.2. The van der Waals surface area contributed by atoms with E-state index in [4.69, 9.17) is 4.74 Å². The molecular weight excluding hydrogens is 338 g/mol. The number of carboxylic acid groups (broad SMARTS) is 1. The minimum atomic E-state index is -3.31. The van der Waals surface area contributed by atoms with Gasteiger partial charge < -0.3 is 15.2 Å². The van der Waals surface area contributed by atoms with Crippen LogP contribution in [-0.4, -0.2) is 59.6 Å². The molecule has 0 radical (unpaired) electrons. The molecule has 0 aliphatic rings. The fraction of sp³-hybridized carbons (Fsp3) is 0.571. The molecule has 0 fully saturated rings. The van der Waals surface area contributed by atoms with Gasteiger partial charge in [0.05, 0.1) is 12.4 Å². The Balaban J connectivity index is 3.03. The Kier molecular flexibility index (Phi) is 7.08. The van der Waals surface area contributed by atoms with Crippen LogP contribution in [0.15, 0.2) is 6.20 Å². The van der Waals surface area contributed by atoms with E-state index in [-0.39, 0.29) is 35.9 Å². The van der Waals surface area contributed by atoms with E-state index in [0.29, 0.717) is 5.82 Å². The molecule has 1 rings (SSSR count). The maximum absolute atomic E-state index is 11.9. The molecule has 0 aliphatic heterocycles. The average Bonchev–Trinajstić information content (AvgIpc) is 2.51. The van der Waals surface area contributed by atoms with Crippen molar-refractivity contribution in [3.8, 4) is 0 Å². The minimum absolute atomic E-state index is 0.00208. The first-order valence-electron chi connectivity index (χ1n) is 7.40. The van der Waals surface area contributed by atoms with Crippen molar-refractivity contribution >= 4 is 27.6 Å². The third-order valence-corrected chi connectivity index (χ3v) is 4.91. The lowest BCUT2D eigenvalue weighted by molar-refractivity contribution is -0.137.